The molecule has 1 unspecified atom stereocenters. The van der Waals surface area contributed by atoms with Gasteiger partial charge in [-0.15, -0.1) is 0 Å². The topological polar surface area (TPSA) is 9.23 Å². The molecule has 1 heteroatoms. The Morgan fingerprint density at radius 1 is 0.909 bits per heavy atom. The predicted octanol–water partition coefficient (Wildman–Crippen LogP) is 7.26. The van der Waals surface area contributed by atoms with Crippen molar-refractivity contribution in [1.82, 2.24) is 0 Å². The summed E-state index contributed by atoms with van der Waals surface area (Å²) in [6, 6.07) is 4.32. The molecule has 1 rings (SSSR count). The number of hydrogen-bond donors (Lipinski definition) is 0. The SMILES string of the molecule is CC.CC.CCCCC(CC)COc1cc(C)c(C)c(C)c1. The molecule has 0 aliphatic rings. The van der Waals surface area contributed by atoms with Crippen LogP contribution in [0.4, 0.5) is 0 Å². The molecule has 1 nitrogen and oxygen atoms in total. The molecule has 1 aromatic carbocycles. The maximum absolute atomic E-state index is 5.97. The van der Waals surface area contributed by atoms with Gasteiger partial charge >= 0.3 is 0 Å². The zero-order valence-electron chi connectivity index (χ0n) is 16.7. The Morgan fingerprint density at radius 3 is 1.82 bits per heavy atom. The van der Waals surface area contributed by atoms with Gasteiger partial charge in [0.2, 0.25) is 0 Å². The van der Waals surface area contributed by atoms with E-state index in [4.69, 9.17) is 4.74 Å². The van der Waals surface area contributed by atoms with Crippen molar-refractivity contribution in [2.45, 2.75) is 88.0 Å². The van der Waals surface area contributed by atoms with Gasteiger partial charge in [-0.3, -0.25) is 0 Å². The van der Waals surface area contributed by atoms with E-state index in [1.165, 1.54) is 42.4 Å². The minimum atomic E-state index is 0.701. The molecular weight excluding hydrogens is 268 g/mol. The average Bonchev–Trinajstić information content (AvgIpc) is 2.56. The van der Waals surface area contributed by atoms with Gasteiger partial charge in [0, 0.05) is 0 Å². The molecule has 0 radical (unpaired) electrons. The number of hydrogen-bond acceptors (Lipinski definition) is 1. The molecule has 0 saturated carbocycles. The van der Waals surface area contributed by atoms with Crippen LogP contribution >= 0.6 is 0 Å². The van der Waals surface area contributed by atoms with Crippen molar-refractivity contribution in [1.29, 1.82) is 0 Å². The summed E-state index contributed by atoms with van der Waals surface area (Å²) in [5.74, 6) is 1.73. The predicted molar refractivity (Wildman–Crippen MR) is 102 cm³/mol. The van der Waals surface area contributed by atoms with Gasteiger partial charge in [0.1, 0.15) is 5.75 Å². The molecule has 0 bridgehead atoms. The summed E-state index contributed by atoms with van der Waals surface area (Å²) < 4.78 is 5.97. The maximum Gasteiger partial charge on any atom is 0.119 e. The lowest BCUT2D eigenvalue weighted by atomic mass is 10.0. The summed E-state index contributed by atoms with van der Waals surface area (Å²) >= 11 is 0. The largest absolute Gasteiger partial charge is 0.493 e. The van der Waals surface area contributed by atoms with Crippen LogP contribution in [0.15, 0.2) is 12.1 Å². The first-order valence-corrected chi connectivity index (χ1v) is 9.29. The summed E-state index contributed by atoms with van der Waals surface area (Å²) in [5.41, 5.74) is 4.03. The third kappa shape index (κ3) is 9.12. The summed E-state index contributed by atoms with van der Waals surface area (Å²) in [6.07, 6.45) is 5.09. The van der Waals surface area contributed by atoms with Gasteiger partial charge in [0.15, 0.2) is 0 Å². The van der Waals surface area contributed by atoms with Gasteiger partial charge in [-0.25, -0.2) is 0 Å². The van der Waals surface area contributed by atoms with E-state index in [0.717, 1.165) is 12.4 Å². The summed E-state index contributed by atoms with van der Waals surface area (Å²) in [7, 11) is 0. The first kappa shape index (κ1) is 23.3. The highest BCUT2D eigenvalue weighted by molar-refractivity contribution is 5.40. The highest BCUT2D eigenvalue weighted by Crippen LogP contribution is 2.22. The van der Waals surface area contributed by atoms with Crippen molar-refractivity contribution in [2.75, 3.05) is 6.61 Å². The van der Waals surface area contributed by atoms with Crippen LogP contribution in [0.3, 0.4) is 0 Å². The first-order chi connectivity index (χ1) is 10.6. The molecule has 0 N–H and O–H groups in total. The van der Waals surface area contributed by atoms with Gasteiger partial charge in [0.05, 0.1) is 6.61 Å². The second-order valence-corrected chi connectivity index (χ2v) is 5.41. The second-order valence-electron chi connectivity index (χ2n) is 5.41. The fourth-order valence-electron chi connectivity index (χ4n) is 2.19. The zero-order valence-corrected chi connectivity index (χ0v) is 16.7. The molecule has 1 atom stereocenters. The molecule has 0 fully saturated rings. The van der Waals surface area contributed by atoms with E-state index in [-0.39, 0.29) is 0 Å². The lowest BCUT2D eigenvalue weighted by Crippen LogP contribution is -2.11. The Labute approximate surface area is 140 Å². The van der Waals surface area contributed by atoms with Gasteiger partial charge in [-0.05, 0) is 61.9 Å². The van der Waals surface area contributed by atoms with E-state index in [9.17, 15) is 0 Å². The van der Waals surface area contributed by atoms with Crippen LogP contribution in [0.2, 0.25) is 0 Å². The maximum atomic E-state index is 5.97. The third-order valence-corrected chi connectivity index (χ3v) is 3.93. The lowest BCUT2D eigenvalue weighted by Gasteiger charge is -2.17. The minimum Gasteiger partial charge on any atom is -0.493 e. The Balaban J connectivity index is 0. The van der Waals surface area contributed by atoms with Gasteiger partial charge in [0.25, 0.3) is 0 Å². The van der Waals surface area contributed by atoms with Crippen LogP contribution < -0.4 is 4.74 Å². The van der Waals surface area contributed by atoms with Crippen molar-refractivity contribution in [3.8, 4) is 5.75 Å². The van der Waals surface area contributed by atoms with Gasteiger partial charge in [-0.1, -0.05) is 60.8 Å². The van der Waals surface area contributed by atoms with Crippen LogP contribution in [-0.4, -0.2) is 6.61 Å². The highest BCUT2D eigenvalue weighted by Gasteiger charge is 2.08. The molecule has 0 heterocycles. The van der Waals surface area contributed by atoms with E-state index >= 15 is 0 Å². The highest BCUT2D eigenvalue weighted by atomic mass is 16.5. The summed E-state index contributed by atoms with van der Waals surface area (Å²) in [4.78, 5) is 0. The fourth-order valence-corrected chi connectivity index (χ4v) is 2.19. The Morgan fingerprint density at radius 2 is 1.41 bits per heavy atom. The van der Waals surface area contributed by atoms with E-state index < -0.39 is 0 Å². The number of aryl methyl sites for hydroxylation is 2. The monoisotopic (exact) mass is 308 g/mol. The normalized spacial score (nSPS) is 10.8. The molecule has 0 amide bonds. The molecule has 0 aromatic heterocycles. The number of benzene rings is 1. The van der Waals surface area contributed by atoms with Crippen molar-refractivity contribution < 1.29 is 4.74 Å². The molecule has 1 aromatic rings. The molecule has 22 heavy (non-hydrogen) atoms. The molecular formula is C21H40O. The first-order valence-electron chi connectivity index (χ1n) is 9.29. The molecule has 130 valence electrons. The minimum absolute atomic E-state index is 0.701. The van der Waals surface area contributed by atoms with Crippen LogP contribution in [0.25, 0.3) is 0 Å². The van der Waals surface area contributed by atoms with Crippen molar-refractivity contribution in [2.24, 2.45) is 5.92 Å². The van der Waals surface area contributed by atoms with Crippen LogP contribution in [0.1, 0.15) is 83.9 Å². The van der Waals surface area contributed by atoms with Crippen molar-refractivity contribution in [3.05, 3.63) is 28.8 Å². The lowest BCUT2D eigenvalue weighted by molar-refractivity contribution is 0.233. The molecule has 0 aliphatic heterocycles. The van der Waals surface area contributed by atoms with Crippen LogP contribution in [0.5, 0.6) is 5.75 Å². The van der Waals surface area contributed by atoms with E-state index in [0.29, 0.717) is 5.92 Å². The van der Waals surface area contributed by atoms with E-state index in [1.54, 1.807) is 0 Å². The fraction of sp³-hybridized carbons (Fsp3) is 0.714. The summed E-state index contributed by atoms with van der Waals surface area (Å²) in [5, 5.41) is 0. The van der Waals surface area contributed by atoms with Gasteiger partial charge in [-0.2, -0.15) is 0 Å². The summed E-state index contributed by atoms with van der Waals surface area (Å²) in [6.45, 7) is 19.9. The van der Waals surface area contributed by atoms with Crippen molar-refractivity contribution in [3.63, 3.8) is 0 Å². The Kier molecular flexibility index (Phi) is 15.8. The zero-order chi connectivity index (χ0) is 17.5. The number of rotatable bonds is 7. The second kappa shape index (κ2) is 14.9. The number of ether oxygens (including phenoxy) is 1. The quantitative estimate of drug-likeness (QED) is 0.515. The van der Waals surface area contributed by atoms with Crippen molar-refractivity contribution >= 4 is 0 Å². The Bertz CT molecular complexity index is 345. The van der Waals surface area contributed by atoms with Crippen LogP contribution in [-0.2, 0) is 0 Å². The van der Waals surface area contributed by atoms with E-state index in [2.05, 4.69) is 46.8 Å². The standard InChI is InChI=1S/C17H28O.2C2H6/c1-6-8-9-16(7-2)12-18-17-10-13(3)15(5)14(4)11-17;2*1-2/h10-11,16H,6-9,12H2,1-5H3;2*1-2H3. The van der Waals surface area contributed by atoms with Crippen LogP contribution in [0, 0.1) is 26.7 Å². The third-order valence-electron chi connectivity index (χ3n) is 3.93. The average molecular weight is 309 g/mol. The number of unbranched alkanes of at least 4 members (excludes halogenated alkanes) is 1. The van der Waals surface area contributed by atoms with E-state index in [1.807, 2.05) is 27.7 Å². The smallest absolute Gasteiger partial charge is 0.119 e. The molecule has 0 spiro atoms. The Hall–Kier alpha value is -0.980. The molecule has 0 aliphatic carbocycles. The molecule has 0 saturated heterocycles. The van der Waals surface area contributed by atoms with Gasteiger partial charge < -0.3 is 4.74 Å².